The third-order valence-corrected chi connectivity index (χ3v) is 9.95. The number of benzene rings is 1. The van der Waals surface area contributed by atoms with Crippen LogP contribution >= 0.6 is 47.8 Å². The zero-order valence-corrected chi connectivity index (χ0v) is 25.2. The van der Waals surface area contributed by atoms with Crippen LogP contribution < -0.4 is 4.90 Å². The Morgan fingerprint density at radius 3 is 2.55 bits per heavy atom. The highest BCUT2D eigenvalue weighted by atomic mass is 35.5. The van der Waals surface area contributed by atoms with E-state index in [2.05, 4.69) is 33.4 Å². The van der Waals surface area contributed by atoms with Gasteiger partial charge in [0.2, 0.25) is 0 Å². The molecule has 9 heteroatoms. The Kier molecular flexibility index (Phi) is 9.63. The zero-order valence-electron chi connectivity index (χ0n) is 22.0. The number of carboxylic acids is 1. The fraction of sp³-hybridized carbons (Fsp3) is 0.552. The average Bonchev–Trinajstić information content (AvgIpc) is 3.38. The molecule has 6 rings (SSSR count). The van der Waals surface area contributed by atoms with Gasteiger partial charge in [0.1, 0.15) is 4.88 Å². The number of piperidine rings is 1. The molecule has 1 saturated heterocycles. The van der Waals surface area contributed by atoms with Crippen LogP contribution in [0.5, 0.6) is 0 Å². The molecule has 1 aliphatic carbocycles. The fourth-order valence-electron chi connectivity index (χ4n) is 6.84. The first-order valence-electron chi connectivity index (χ1n) is 13.7. The molecule has 3 aromatic rings. The summed E-state index contributed by atoms with van der Waals surface area (Å²) >= 11 is 8.05. The minimum atomic E-state index is -0.821. The van der Waals surface area contributed by atoms with Crippen molar-refractivity contribution in [1.82, 2.24) is 9.47 Å². The first-order valence-corrected chi connectivity index (χ1v) is 14.9. The molecule has 3 aliphatic rings. The Morgan fingerprint density at radius 1 is 1.03 bits per heavy atom. The maximum absolute atomic E-state index is 11.9. The van der Waals surface area contributed by atoms with Crippen LogP contribution in [0.3, 0.4) is 0 Å². The summed E-state index contributed by atoms with van der Waals surface area (Å²) in [5.74, 6) is 0.444. The second kappa shape index (κ2) is 12.4. The molecular weight excluding hydrogens is 561 g/mol. The molecule has 1 unspecified atom stereocenters. The predicted molar refractivity (Wildman–Crippen MR) is 165 cm³/mol. The van der Waals surface area contributed by atoms with E-state index in [4.69, 9.17) is 11.6 Å². The molecule has 0 spiro atoms. The van der Waals surface area contributed by atoms with Gasteiger partial charge in [-0.05, 0) is 73.9 Å². The van der Waals surface area contributed by atoms with Gasteiger partial charge in [0.05, 0.1) is 15.9 Å². The molecule has 0 bridgehead atoms. The molecule has 4 heterocycles. The second-order valence-electron chi connectivity index (χ2n) is 11.1. The summed E-state index contributed by atoms with van der Waals surface area (Å²) in [5.41, 5.74) is 6.27. The van der Waals surface area contributed by atoms with Gasteiger partial charge in [-0.1, -0.05) is 37.8 Å². The summed E-state index contributed by atoms with van der Waals surface area (Å²) in [6.07, 6.45) is 8.81. The van der Waals surface area contributed by atoms with Crippen molar-refractivity contribution in [3.8, 4) is 11.3 Å². The Bertz CT molecular complexity index is 1280. The number of likely N-dealkylation sites (tertiary alicyclic amines) is 1. The third-order valence-electron chi connectivity index (χ3n) is 8.57. The molecule has 2 aromatic heterocycles. The predicted octanol–water partition coefficient (Wildman–Crippen LogP) is 8.16. The maximum Gasteiger partial charge on any atom is 0.345 e. The number of nitrogens with zero attached hydrogens (tertiary/aromatic N) is 3. The van der Waals surface area contributed by atoms with Crippen molar-refractivity contribution < 1.29 is 9.90 Å². The highest BCUT2D eigenvalue weighted by molar-refractivity contribution is 7.21. The summed E-state index contributed by atoms with van der Waals surface area (Å²) in [6, 6.07) is 8.30. The number of carboxylic acid groups (broad SMARTS) is 1. The van der Waals surface area contributed by atoms with Crippen molar-refractivity contribution in [2.45, 2.75) is 64.3 Å². The molecule has 1 saturated carbocycles. The smallest absolute Gasteiger partial charge is 0.345 e. The van der Waals surface area contributed by atoms with Crippen molar-refractivity contribution >= 4 is 69.6 Å². The largest absolute Gasteiger partial charge is 0.477 e. The molecule has 2 fully saturated rings. The van der Waals surface area contributed by atoms with E-state index in [1.165, 1.54) is 96.6 Å². The molecule has 38 heavy (non-hydrogen) atoms. The van der Waals surface area contributed by atoms with Crippen LogP contribution in [0.4, 0.5) is 5.69 Å². The van der Waals surface area contributed by atoms with Crippen LogP contribution in [-0.4, -0.2) is 53.3 Å². The highest BCUT2D eigenvalue weighted by Crippen LogP contribution is 2.49. The summed E-state index contributed by atoms with van der Waals surface area (Å²) in [7, 11) is 0. The monoisotopic (exact) mass is 597 g/mol. The van der Waals surface area contributed by atoms with Crippen molar-refractivity contribution in [2.24, 2.45) is 5.92 Å². The third kappa shape index (κ3) is 5.57. The van der Waals surface area contributed by atoms with Gasteiger partial charge in [-0.15, -0.1) is 36.2 Å². The molecule has 208 valence electrons. The van der Waals surface area contributed by atoms with E-state index >= 15 is 0 Å². The molecule has 0 amide bonds. The molecular formula is C29H38Cl3N3O2S. The van der Waals surface area contributed by atoms with Crippen molar-refractivity contribution in [3.05, 3.63) is 39.7 Å². The number of carbonyl (C=O) groups is 1. The van der Waals surface area contributed by atoms with Gasteiger partial charge >= 0.3 is 5.97 Å². The van der Waals surface area contributed by atoms with Gasteiger partial charge in [-0.3, -0.25) is 0 Å². The molecule has 2 aliphatic heterocycles. The lowest BCUT2D eigenvalue weighted by Crippen LogP contribution is -2.40. The highest BCUT2D eigenvalue weighted by Gasteiger charge is 2.32. The van der Waals surface area contributed by atoms with Gasteiger partial charge in [0.25, 0.3) is 0 Å². The lowest BCUT2D eigenvalue weighted by atomic mass is 9.83. The summed E-state index contributed by atoms with van der Waals surface area (Å²) in [4.78, 5) is 17.5. The Hall–Kier alpha value is -1.44. The van der Waals surface area contributed by atoms with Gasteiger partial charge in [0, 0.05) is 49.0 Å². The molecule has 1 aromatic carbocycles. The summed E-state index contributed by atoms with van der Waals surface area (Å²) in [6.45, 7) is 8.56. The first-order chi connectivity index (χ1) is 17.5. The Balaban J connectivity index is 0.00000168. The van der Waals surface area contributed by atoms with Crippen LogP contribution in [0, 0.1) is 5.92 Å². The van der Waals surface area contributed by atoms with E-state index in [0.717, 1.165) is 42.6 Å². The van der Waals surface area contributed by atoms with Gasteiger partial charge < -0.3 is 19.5 Å². The van der Waals surface area contributed by atoms with E-state index in [9.17, 15) is 9.90 Å². The number of thiophene rings is 1. The normalized spacial score (nSPS) is 20.3. The van der Waals surface area contributed by atoms with Crippen LogP contribution in [0.15, 0.2) is 24.3 Å². The van der Waals surface area contributed by atoms with Crippen LogP contribution in [0.2, 0.25) is 5.02 Å². The van der Waals surface area contributed by atoms with Crippen molar-refractivity contribution in [2.75, 3.05) is 37.6 Å². The zero-order chi connectivity index (χ0) is 24.8. The Morgan fingerprint density at radius 2 is 1.82 bits per heavy atom. The Labute approximate surface area is 247 Å². The number of hydrogen-bond acceptors (Lipinski definition) is 4. The number of aromatic carboxylic acids is 1. The molecule has 1 atom stereocenters. The second-order valence-corrected chi connectivity index (χ2v) is 12.6. The molecule has 5 nitrogen and oxygen atoms in total. The molecule has 0 radical (unpaired) electrons. The minimum absolute atomic E-state index is 0. The lowest BCUT2D eigenvalue weighted by Gasteiger charge is -2.33. The van der Waals surface area contributed by atoms with Crippen LogP contribution in [0.25, 0.3) is 21.5 Å². The van der Waals surface area contributed by atoms with E-state index in [1.807, 2.05) is 12.1 Å². The average molecular weight is 599 g/mol. The summed E-state index contributed by atoms with van der Waals surface area (Å²) < 4.78 is 3.61. The first kappa shape index (κ1) is 29.5. The van der Waals surface area contributed by atoms with Crippen molar-refractivity contribution in [3.63, 3.8) is 0 Å². The van der Waals surface area contributed by atoms with Gasteiger partial charge in [-0.25, -0.2) is 4.79 Å². The minimum Gasteiger partial charge on any atom is -0.477 e. The SMILES string of the molecule is CC1CCCN(CCN2CCn3c(c(C4CCCCC4)c4sc(C(=O)O)cc43)-c3ccc(Cl)cc32)C1.Cl.Cl. The van der Waals surface area contributed by atoms with Gasteiger partial charge in [0.15, 0.2) is 0 Å². The number of aromatic nitrogens is 1. The summed E-state index contributed by atoms with van der Waals surface area (Å²) in [5, 5.41) is 10.6. The number of halogens is 3. The van der Waals surface area contributed by atoms with E-state index in [-0.39, 0.29) is 24.8 Å². The standard InChI is InChI=1S/C29H36ClN3O2S.2ClH/c1-19-6-5-11-31(18-19)12-13-32-14-15-33-24-17-25(29(34)35)36-28(24)26(20-7-3-2-4-8-20)27(33)22-10-9-21(30)16-23(22)32;;/h9-10,16-17,19-20H,2-8,11-15,18H2,1H3,(H,34,35);2*1H. The number of rotatable bonds is 5. The van der Waals surface area contributed by atoms with Crippen LogP contribution in [-0.2, 0) is 6.54 Å². The van der Waals surface area contributed by atoms with Gasteiger partial charge in [-0.2, -0.15) is 0 Å². The van der Waals surface area contributed by atoms with E-state index < -0.39 is 5.97 Å². The quantitative estimate of drug-likeness (QED) is 0.322. The van der Waals surface area contributed by atoms with Crippen LogP contribution in [0.1, 0.15) is 73.0 Å². The molecule has 1 N–H and O–H groups in total. The van der Waals surface area contributed by atoms with E-state index in [0.29, 0.717) is 10.8 Å². The number of anilines is 1. The lowest BCUT2D eigenvalue weighted by molar-refractivity contribution is 0.0702. The number of hydrogen-bond donors (Lipinski definition) is 1. The maximum atomic E-state index is 11.9. The fourth-order valence-corrected chi connectivity index (χ4v) is 8.13. The number of fused-ring (bicyclic) bond motifs is 5. The van der Waals surface area contributed by atoms with E-state index in [1.54, 1.807) is 0 Å². The van der Waals surface area contributed by atoms with Crippen molar-refractivity contribution in [1.29, 1.82) is 0 Å². The topological polar surface area (TPSA) is 48.7 Å².